The summed E-state index contributed by atoms with van der Waals surface area (Å²) in [5.74, 6) is 2.29. The van der Waals surface area contributed by atoms with Crippen LogP contribution >= 0.6 is 0 Å². The maximum Gasteiger partial charge on any atom is 0.408 e. The number of carbonyl (C=O) groups excluding carboxylic acids is 2. The third-order valence-electron chi connectivity index (χ3n) is 2.08. The summed E-state index contributed by atoms with van der Waals surface area (Å²) in [6, 6.07) is -0.636. The molecule has 108 valence electrons. The van der Waals surface area contributed by atoms with Crippen molar-refractivity contribution in [1.29, 1.82) is 0 Å². The fourth-order valence-electron chi connectivity index (χ4n) is 1.41. The highest BCUT2D eigenvalue weighted by atomic mass is 16.6. The molecule has 0 saturated carbocycles. The van der Waals surface area contributed by atoms with Crippen molar-refractivity contribution < 1.29 is 14.3 Å². The van der Waals surface area contributed by atoms with E-state index in [2.05, 4.69) is 16.6 Å². The molecule has 0 fully saturated rings. The molecule has 19 heavy (non-hydrogen) atoms. The highest BCUT2D eigenvalue weighted by molar-refractivity contribution is 5.85. The molecule has 5 nitrogen and oxygen atoms in total. The third kappa shape index (κ3) is 8.95. The maximum absolute atomic E-state index is 11.9. The van der Waals surface area contributed by atoms with Gasteiger partial charge in [0.25, 0.3) is 0 Å². The van der Waals surface area contributed by atoms with Crippen LogP contribution in [0, 0.1) is 18.3 Å². The van der Waals surface area contributed by atoms with Crippen LogP contribution in [0.15, 0.2) is 0 Å². The first-order valence-corrected chi connectivity index (χ1v) is 6.36. The molecule has 2 N–H and O–H groups in total. The van der Waals surface area contributed by atoms with Crippen molar-refractivity contribution in [2.24, 2.45) is 5.92 Å². The molecule has 1 atom stereocenters. The van der Waals surface area contributed by atoms with Crippen molar-refractivity contribution in [2.75, 3.05) is 6.54 Å². The first kappa shape index (κ1) is 17.3. The van der Waals surface area contributed by atoms with Crippen molar-refractivity contribution in [1.82, 2.24) is 10.6 Å². The SMILES string of the molecule is C#CCNC(=O)[C@H](CC(C)C)NC(=O)OC(C)(C)C. The van der Waals surface area contributed by atoms with E-state index >= 15 is 0 Å². The Morgan fingerprint density at radius 1 is 1.32 bits per heavy atom. The molecular formula is C14H24N2O3. The average Bonchev–Trinajstić information content (AvgIpc) is 2.21. The largest absolute Gasteiger partial charge is 0.444 e. The predicted octanol–water partition coefficient (Wildman–Crippen LogP) is 1.68. The van der Waals surface area contributed by atoms with E-state index in [9.17, 15) is 9.59 Å². The molecule has 0 aliphatic heterocycles. The van der Waals surface area contributed by atoms with Gasteiger partial charge in [0.05, 0.1) is 6.54 Å². The lowest BCUT2D eigenvalue weighted by molar-refractivity contribution is -0.123. The number of nitrogens with one attached hydrogen (secondary N) is 2. The van der Waals surface area contributed by atoms with E-state index in [1.165, 1.54) is 0 Å². The summed E-state index contributed by atoms with van der Waals surface area (Å²) in [5, 5.41) is 5.13. The van der Waals surface area contributed by atoms with Crippen LogP contribution in [0.5, 0.6) is 0 Å². The number of rotatable bonds is 5. The number of amides is 2. The zero-order chi connectivity index (χ0) is 15.1. The molecular weight excluding hydrogens is 244 g/mol. The second kappa shape index (κ2) is 7.67. The summed E-state index contributed by atoms with van der Waals surface area (Å²) < 4.78 is 5.13. The third-order valence-corrected chi connectivity index (χ3v) is 2.08. The van der Waals surface area contributed by atoms with Gasteiger partial charge in [0, 0.05) is 0 Å². The highest BCUT2D eigenvalue weighted by Crippen LogP contribution is 2.09. The van der Waals surface area contributed by atoms with Crippen molar-refractivity contribution in [3.8, 4) is 12.3 Å². The van der Waals surface area contributed by atoms with Crippen LogP contribution in [0.25, 0.3) is 0 Å². The standard InChI is InChI=1S/C14H24N2O3/c1-7-8-15-12(17)11(9-10(2)3)16-13(18)19-14(4,5)6/h1,10-11H,8-9H2,2-6H3,(H,15,17)(H,16,18)/t11-/m0/s1. The molecule has 0 spiro atoms. The van der Waals surface area contributed by atoms with Crippen LogP contribution in [-0.2, 0) is 9.53 Å². The topological polar surface area (TPSA) is 67.4 Å². The van der Waals surface area contributed by atoms with Crippen molar-refractivity contribution in [2.45, 2.75) is 52.7 Å². The van der Waals surface area contributed by atoms with E-state index in [1.54, 1.807) is 20.8 Å². The molecule has 0 aliphatic carbocycles. The lowest BCUT2D eigenvalue weighted by atomic mass is 10.0. The predicted molar refractivity (Wildman–Crippen MR) is 74.5 cm³/mol. The minimum absolute atomic E-state index is 0.142. The average molecular weight is 268 g/mol. The fourth-order valence-corrected chi connectivity index (χ4v) is 1.41. The number of alkyl carbamates (subject to hydrolysis) is 1. The second-order valence-corrected chi connectivity index (χ2v) is 5.75. The number of terminal acetylenes is 1. The van der Waals surface area contributed by atoms with E-state index in [0.29, 0.717) is 6.42 Å². The molecule has 0 rings (SSSR count). The van der Waals surface area contributed by atoms with Crippen LogP contribution in [0.2, 0.25) is 0 Å². The quantitative estimate of drug-likeness (QED) is 0.745. The Hall–Kier alpha value is -1.70. The van der Waals surface area contributed by atoms with Crippen LogP contribution in [0.3, 0.4) is 0 Å². The van der Waals surface area contributed by atoms with Crippen molar-refractivity contribution >= 4 is 12.0 Å². The molecule has 0 saturated heterocycles. The molecule has 0 aromatic rings. The zero-order valence-electron chi connectivity index (χ0n) is 12.4. The molecule has 2 amide bonds. The van der Waals surface area contributed by atoms with E-state index in [0.717, 1.165) is 0 Å². The summed E-state index contributed by atoms with van der Waals surface area (Å²) in [6.07, 6.45) is 5.01. The molecule has 0 unspecified atom stereocenters. The summed E-state index contributed by atoms with van der Waals surface area (Å²) in [5.41, 5.74) is -0.595. The summed E-state index contributed by atoms with van der Waals surface area (Å²) in [7, 11) is 0. The zero-order valence-corrected chi connectivity index (χ0v) is 12.4. The van der Waals surface area contributed by atoms with E-state index in [4.69, 9.17) is 11.2 Å². The van der Waals surface area contributed by atoms with Crippen LogP contribution in [-0.4, -0.2) is 30.2 Å². The molecule has 0 heterocycles. The van der Waals surface area contributed by atoms with Gasteiger partial charge in [0.15, 0.2) is 0 Å². The smallest absolute Gasteiger partial charge is 0.408 e. The van der Waals surface area contributed by atoms with Gasteiger partial charge in [0.2, 0.25) is 5.91 Å². The minimum Gasteiger partial charge on any atom is -0.444 e. The Morgan fingerprint density at radius 2 is 1.89 bits per heavy atom. The van der Waals surface area contributed by atoms with Gasteiger partial charge in [-0.1, -0.05) is 19.8 Å². The molecule has 5 heteroatoms. The van der Waals surface area contributed by atoms with Gasteiger partial charge >= 0.3 is 6.09 Å². The Bertz CT molecular complexity index is 351. The number of hydrogen-bond donors (Lipinski definition) is 2. The molecule has 0 bridgehead atoms. The minimum atomic E-state index is -0.636. The molecule has 0 aromatic carbocycles. The van der Waals surface area contributed by atoms with E-state index < -0.39 is 17.7 Å². The van der Waals surface area contributed by atoms with E-state index in [-0.39, 0.29) is 18.4 Å². The Labute approximate surface area is 115 Å². The van der Waals surface area contributed by atoms with Gasteiger partial charge in [-0.05, 0) is 33.1 Å². The summed E-state index contributed by atoms with van der Waals surface area (Å²) >= 11 is 0. The Kier molecular flexibility index (Phi) is 6.99. The van der Waals surface area contributed by atoms with Crippen molar-refractivity contribution in [3.05, 3.63) is 0 Å². The van der Waals surface area contributed by atoms with Crippen LogP contribution in [0.4, 0.5) is 4.79 Å². The van der Waals surface area contributed by atoms with Gasteiger partial charge in [-0.3, -0.25) is 4.79 Å². The monoisotopic (exact) mass is 268 g/mol. The number of carbonyl (C=O) groups is 2. The van der Waals surface area contributed by atoms with Gasteiger partial charge in [0.1, 0.15) is 11.6 Å². The van der Waals surface area contributed by atoms with E-state index in [1.807, 2.05) is 13.8 Å². The first-order chi connectivity index (χ1) is 8.65. The Morgan fingerprint density at radius 3 is 2.32 bits per heavy atom. The lowest BCUT2D eigenvalue weighted by Gasteiger charge is -2.24. The maximum atomic E-state index is 11.9. The van der Waals surface area contributed by atoms with Gasteiger partial charge < -0.3 is 15.4 Å². The van der Waals surface area contributed by atoms with Crippen LogP contribution < -0.4 is 10.6 Å². The molecule has 0 radical (unpaired) electrons. The summed E-state index contributed by atoms with van der Waals surface area (Å²) in [4.78, 5) is 23.5. The lowest BCUT2D eigenvalue weighted by Crippen LogP contribution is -2.48. The normalized spacial score (nSPS) is 12.5. The Balaban J connectivity index is 4.55. The van der Waals surface area contributed by atoms with Crippen LogP contribution in [0.1, 0.15) is 41.0 Å². The molecule has 0 aromatic heterocycles. The highest BCUT2D eigenvalue weighted by Gasteiger charge is 2.24. The number of ether oxygens (including phenoxy) is 1. The van der Waals surface area contributed by atoms with Gasteiger partial charge in [-0.15, -0.1) is 6.42 Å². The van der Waals surface area contributed by atoms with Gasteiger partial charge in [-0.25, -0.2) is 4.79 Å². The fraction of sp³-hybridized carbons (Fsp3) is 0.714. The summed E-state index contributed by atoms with van der Waals surface area (Å²) in [6.45, 7) is 9.38. The van der Waals surface area contributed by atoms with Crippen molar-refractivity contribution in [3.63, 3.8) is 0 Å². The first-order valence-electron chi connectivity index (χ1n) is 6.36. The van der Waals surface area contributed by atoms with Gasteiger partial charge in [-0.2, -0.15) is 0 Å². The number of hydrogen-bond acceptors (Lipinski definition) is 3. The molecule has 0 aliphatic rings. The second-order valence-electron chi connectivity index (χ2n) is 5.75.